The van der Waals surface area contributed by atoms with Crippen molar-refractivity contribution in [2.24, 2.45) is 0 Å². The second-order valence-electron chi connectivity index (χ2n) is 7.50. The highest BCUT2D eigenvalue weighted by Crippen LogP contribution is 2.33. The number of ether oxygens (including phenoxy) is 1. The van der Waals surface area contributed by atoms with Gasteiger partial charge in [-0.1, -0.05) is 0 Å². The highest BCUT2D eigenvalue weighted by atomic mass is 16.5. The number of carbonyl (C=O) groups is 1. The van der Waals surface area contributed by atoms with E-state index in [1.165, 1.54) is 0 Å². The van der Waals surface area contributed by atoms with Gasteiger partial charge >= 0.3 is 0 Å². The summed E-state index contributed by atoms with van der Waals surface area (Å²) in [6.45, 7) is 3.21. The Morgan fingerprint density at radius 1 is 1.23 bits per heavy atom. The lowest BCUT2D eigenvalue weighted by Gasteiger charge is -2.19. The zero-order valence-corrected chi connectivity index (χ0v) is 16.9. The lowest BCUT2D eigenvalue weighted by atomic mass is 10.1. The van der Waals surface area contributed by atoms with Crippen molar-refractivity contribution in [1.29, 1.82) is 0 Å². The van der Waals surface area contributed by atoms with Crippen molar-refractivity contribution in [2.75, 3.05) is 20.2 Å². The van der Waals surface area contributed by atoms with Gasteiger partial charge in [0.2, 0.25) is 0 Å². The van der Waals surface area contributed by atoms with Crippen LogP contribution >= 0.6 is 0 Å². The molecule has 1 atom stereocenters. The van der Waals surface area contributed by atoms with Gasteiger partial charge in [-0.25, -0.2) is 9.97 Å². The number of nitrogens with zero attached hydrogens (tertiary/aromatic N) is 4. The van der Waals surface area contributed by atoms with Gasteiger partial charge in [0.15, 0.2) is 17.2 Å². The summed E-state index contributed by atoms with van der Waals surface area (Å²) in [5.41, 5.74) is 3.24. The van der Waals surface area contributed by atoms with Crippen molar-refractivity contribution in [3.05, 3.63) is 66.1 Å². The maximum absolute atomic E-state index is 13.2. The maximum atomic E-state index is 13.2. The molecule has 7 nitrogen and oxygen atoms in total. The summed E-state index contributed by atoms with van der Waals surface area (Å²) in [6, 6.07) is 13.2. The molecule has 0 aliphatic carbocycles. The van der Waals surface area contributed by atoms with Crippen LogP contribution in [0.4, 0.5) is 0 Å². The predicted octanol–water partition coefficient (Wildman–Crippen LogP) is 4.10. The van der Waals surface area contributed by atoms with E-state index in [-0.39, 0.29) is 11.9 Å². The number of hydrogen-bond donors (Lipinski definition) is 0. The van der Waals surface area contributed by atoms with Crippen LogP contribution in [0.25, 0.3) is 22.7 Å². The number of aromatic nitrogens is 3. The summed E-state index contributed by atoms with van der Waals surface area (Å²) in [6.07, 6.45) is 4.24. The third-order valence-electron chi connectivity index (χ3n) is 5.67. The number of pyridine rings is 1. The Kier molecular flexibility index (Phi) is 4.50. The van der Waals surface area contributed by atoms with Gasteiger partial charge in [-0.15, -0.1) is 0 Å². The molecule has 152 valence electrons. The molecular weight excluding hydrogens is 380 g/mol. The zero-order chi connectivity index (χ0) is 20.7. The Labute approximate surface area is 173 Å². The first-order chi connectivity index (χ1) is 14.7. The van der Waals surface area contributed by atoms with Crippen molar-refractivity contribution in [3.8, 4) is 17.3 Å². The lowest BCUT2D eigenvalue weighted by molar-refractivity contribution is 0.0787. The van der Waals surface area contributed by atoms with Crippen molar-refractivity contribution in [1.82, 2.24) is 19.4 Å². The quantitative estimate of drug-likeness (QED) is 0.514. The lowest BCUT2D eigenvalue weighted by Crippen LogP contribution is -2.29. The maximum Gasteiger partial charge on any atom is 0.254 e. The molecule has 3 aromatic heterocycles. The number of aryl methyl sites for hydroxylation is 1. The van der Waals surface area contributed by atoms with Gasteiger partial charge in [-0.2, -0.15) is 0 Å². The summed E-state index contributed by atoms with van der Waals surface area (Å²) in [7, 11) is 1.63. The van der Waals surface area contributed by atoms with Gasteiger partial charge in [0.1, 0.15) is 11.3 Å². The molecule has 0 radical (unpaired) electrons. The van der Waals surface area contributed by atoms with E-state index in [1.54, 1.807) is 19.6 Å². The van der Waals surface area contributed by atoms with Gasteiger partial charge in [0.25, 0.3) is 5.91 Å². The fourth-order valence-corrected chi connectivity index (χ4v) is 4.17. The molecule has 30 heavy (non-hydrogen) atoms. The zero-order valence-electron chi connectivity index (χ0n) is 16.9. The van der Waals surface area contributed by atoms with Crippen LogP contribution in [0.5, 0.6) is 5.75 Å². The molecule has 0 unspecified atom stereocenters. The highest BCUT2D eigenvalue weighted by Gasteiger charge is 2.32. The van der Waals surface area contributed by atoms with Gasteiger partial charge in [0.05, 0.1) is 19.4 Å². The first-order valence-electron chi connectivity index (χ1n) is 9.96. The number of furan rings is 1. The van der Waals surface area contributed by atoms with Crippen LogP contribution in [0.2, 0.25) is 0 Å². The van der Waals surface area contributed by atoms with E-state index >= 15 is 0 Å². The minimum atomic E-state index is 0.0366. The first kappa shape index (κ1) is 18.4. The van der Waals surface area contributed by atoms with Crippen LogP contribution in [-0.4, -0.2) is 45.5 Å². The molecule has 1 amide bonds. The summed E-state index contributed by atoms with van der Waals surface area (Å²) in [5.74, 6) is 2.23. The van der Waals surface area contributed by atoms with Crippen LogP contribution < -0.4 is 4.74 Å². The fraction of sp³-hybridized carbons (Fsp3) is 0.261. The topological polar surface area (TPSA) is 73.4 Å². The second-order valence-corrected chi connectivity index (χ2v) is 7.50. The van der Waals surface area contributed by atoms with E-state index in [4.69, 9.17) is 14.1 Å². The molecule has 0 bridgehead atoms. The minimum absolute atomic E-state index is 0.0366. The van der Waals surface area contributed by atoms with E-state index in [2.05, 4.69) is 9.55 Å². The van der Waals surface area contributed by atoms with E-state index in [0.717, 1.165) is 34.7 Å². The van der Waals surface area contributed by atoms with E-state index in [0.29, 0.717) is 24.4 Å². The van der Waals surface area contributed by atoms with Gasteiger partial charge < -0.3 is 18.6 Å². The highest BCUT2D eigenvalue weighted by molar-refractivity contribution is 5.96. The Morgan fingerprint density at radius 2 is 2.13 bits per heavy atom. The molecule has 5 rings (SSSR count). The van der Waals surface area contributed by atoms with Crippen LogP contribution in [0.3, 0.4) is 0 Å². The average Bonchev–Trinajstić information content (AvgIpc) is 3.51. The van der Waals surface area contributed by atoms with Crippen molar-refractivity contribution in [2.45, 2.75) is 19.4 Å². The molecule has 0 N–H and O–H groups in total. The molecule has 7 heteroatoms. The van der Waals surface area contributed by atoms with Gasteiger partial charge in [0, 0.05) is 24.8 Å². The average molecular weight is 402 g/mol. The molecule has 1 saturated heterocycles. The summed E-state index contributed by atoms with van der Waals surface area (Å²) >= 11 is 0. The number of benzene rings is 1. The normalized spacial score (nSPS) is 16.3. The smallest absolute Gasteiger partial charge is 0.254 e. The number of methoxy groups -OCH3 is 1. The third-order valence-corrected chi connectivity index (χ3v) is 5.67. The minimum Gasteiger partial charge on any atom is -0.497 e. The summed E-state index contributed by atoms with van der Waals surface area (Å²) in [4.78, 5) is 24.4. The predicted molar refractivity (Wildman–Crippen MR) is 113 cm³/mol. The number of hydrogen-bond acceptors (Lipinski definition) is 5. The number of rotatable bonds is 4. The second kappa shape index (κ2) is 7.33. The van der Waals surface area contributed by atoms with Crippen molar-refractivity contribution >= 4 is 17.1 Å². The van der Waals surface area contributed by atoms with Gasteiger partial charge in [-0.05, 0) is 61.4 Å². The molecule has 1 aromatic carbocycles. The molecule has 4 heterocycles. The molecule has 0 saturated carbocycles. The van der Waals surface area contributed by atoms with E-state index < -0.39 is 0 Å². The molecule has 1 aliphatic rings. The number of fused-ring (bicyclic) bond motifs is 1. The van der Waals surface area contributed by atoms with Crippen LogP contribution in [0.15, 0.2) is 59.3 Å². The number of imidazole rings is 1. The summed E-state index contributed by atoms with van der Waals surface area (Å²) < 4.78 is 13.0. The van der Waals surface area contributed by atoms with Crippen LogP contribution in [0.1, 0.15) is 28.4 Å². The molecule has 1 fully saturated rings. The Bertz CT molecular complexity index is 1210. The Hall–Kier alpha value is -3.61. The van der Waals surface area contributed by atoms with Crippen LogP contribution in [-0.2, 0) is 0 Å². The molecule has 0 spiro atoms. The van der Waals surface area contributed by atoms with E-state index in [9.17, 15) is 4.79 Å². The monoisotopic (exact) mass is 402 g/mol. The van der Waals surface area contributed by atoms with Gasteiger partial charge in [-0.3, -0.25) is 4.79 Å². The van der Waals surface area contributed by atoms with Crippen molar-refractivity contribution < 1.29 is 13.9 Å². The third kappa shape index (κ3) is 3.03. The summed E-state index contributed by atoms with van der Waals surface area (Å²) in [5, 5.41) is 0. The standard InChI is InChI=1S/C23H22N4O3/c1-15-13-17(29-2)7-8-18(15)23(28)26-11-9-16(14-26)27-21-19(5-3-10-24-21)25-22(27)20-6-4-12-30-20/h3-8,10,12-13,16H,9,11,14H2,1-2H3/t16-/m1/s1. The first-order valence-corrected chi connectivity index (χ1v) is 9.96. The number of likely N-dealkylation sites (tertiary alicyclic amines) is 1. The number of amides is 1. The molecule has 1 aliphatic heterocycles. The Balaban J connectivity index is 1.47. The molecule has 4 aromatic rings. The Morgan fingerprint density at radius 3 is 2.90 bits per heavy atom. The van der Waals surface area contributed by atoms with E-state index in [1.807, 2.05) is 54.3 Å². The molecular formula is C23H22N4O3. The number of carbonyl (C=O) groups excluding carboxylic acids is 1. The fourth-order valence-electron chi connectivity index (χ4n) is 4.17. The van der Waals surface area contributed by atoms with Crippen molar-refractivity contribution in [3.63, 3.8) is 0 Å². The largest absolute Gasteiger partial charge is 0.497 e. The van der Waals surface area contributed by atoms with Crippen LogP contribution in [0, 0.1) is 6.92 Å². The SMILES string of the molecule is COc1ccc(C(=O)N2CC[C@@H](n3c(-c4ccco4)nc4cccnc43)C2)c(C)c1.